The summed E-state index contributed by atoms with van der Waals surface area (Å²) in [6.45, 7) is 1.07. The number of rotatable bonds is 6. The largest absolute Gasteiger partial charge is 0.467 e. The maximum Gasteiger partial charge on any atom is 0.337 e. The molecule has 0 saturated carbocycles. The Hall–Kier alpha value is -2.58. The zero-order valence-electron chi connectivity index (χ0n) is 15.4. The van der Waals surface area contributed by atoms with Gasteiger partial charge in [0.1, 0.15) is 5.76 Å². The van der Waals surface area contributed by atoms with Gasteiger partial charge in [0.2, 0.25) is 0 Å². The number of carbonyl (C=O) groups is 1. The molecule has 0 aliphatic carbocycles. The van der Waals surface area contributed by atoms with Crippen molar-refractivity contribution >= 4 is 28.6 Å². The van der Waals surface area contributed by atoms with Crippen LogP contribution in [0.25, 0.3) is 10.9 Å². The molecule has 0 spiro atoms. The van der Waals surface area contributed by atoms with Crippen LogP contribution in [0.15, 0.2) is 51.0 Å². The van der Waals surface area contributed by atoms with Gasteiger partial charge < -0.3 is 13.9 Å². The Morgan fingerprint density at radius 3 is 3.00 bits per heavy atom. The zero-order chi connectivity index (χ0) is 19.5. The van der Waals surface area contributed by atoms with Crippen LogP contribution in [0, 0.1) is 0 Å². The van der Waals surface area contributed by atoms with E-state index in [0.29, 0.717) is 39.7 Å². The van der Waals surface area contributed by atoms with Crippen LogP contribution >= 0.6 is 11.8 Å². The fraction of sp³-hybridized carbons (Fsp3) is 0.350. The highest BCUT2D eigenvalue weighted by Crippen LogP contribution is 2.24. The number of nitrogens with zero attached hydrogens (tertiary/aromatic N) is 2. The Kier molecular flexibility index (Phi) is 5.50. The standard InChI is InChI=1S/C20H20N2O5S/c1-25-19(24)13-6-7-16-17(10-13)21-20(28-12-15-5-3-9-27-15)22(18(16)23)11-14-4-2-8-26-14/h2,4,6-8,10,15H,3,5,9,11-12H2,1H3/t15-/m1/s1. The lowest BCUT2D eigenvalue weighted by atomic mass is 10.1. The molecule has 1 aromatic carbocycles. The molecule has 4 rings (SSSR count). The topological polar surface area (TPSA) is 83.6 Å². The molecule has 0 bridgehead atoms. The monoisotopic (exact) mass is 400 g/mol. The van der Waals surface area contributed by atoms with Crippen LogP contribution in [0.5, 0.6) is 0 Å². The van der Waals surface area contributed by atoms with E-state index in [2.05, 4.69) is 4.98 Å². The van der Waals surface area contributed by atoms with E-state index < -0.39 is 5.97 Å². The molecule has 1 aliphatic heterocycles. The van der Waals surface area contributed by atoms with Crippen molar-refractivity contribution in [3.8, 4) is 0 Å². The molecule has 28 heavy (non-hydrogen) atoms. The summed E-state index contributed by atoms with van der Waals surface area (Å²) in [6, 6.07) is 8.40. The molecule has 7 nitrogen and oxygen atoms in total. The molecular weight excluding hydrogens is 380 g/mol. The predicted molar refractivity (Wildman–Crippen MR) is 105 cm³/mol. The van der Waals surface area contributed by atoms with Crippen LogP contribution in [0.3, 0.4) is 0 Å². The summed E-state index contributed by atoms with van der Waals surface area (Å²) in [7, 11) is 1.32. The average molecular weight is 400 g/mol. The van der Waals surface area contributed by atoms with Crippen LogP contribution in [0.2, 0.25) is 0 Å². The number of hydrogen-bond acceptors (Lipinski definition) is 7. The van der Waals surface area contributed by atoms with Crippen molar-refractivity contribution in [2.24, 2.45) is 0 Å². The van der Waals surface area contributed by atoms with Crippen molar-refractivity contribution in [1.82, 2.24) is 9.55 Å². The lowest BCUT2D eigenvalue weighted by Gasteiger charge is -2.14. The van der Waals surface area contributed by atoms with Crippen molar-refractivity contribution in [3.63, 3.8) is 0 Å². The molecule has 1 aliphatic rings. The molecule has 0 amide bonds. The summed E-state index contributed by atoms with van der Waals surface area (Å²) in [4.78, 5) is 29.7. The van der Waals surface area contributed by atoms with Gasteiger partial charge in [-0.2, -0.15) is 0 Å². The Labute approximate surface area is 165 Å². The van der Waals surface area contributed by atoms with Crippen molar-refractivity contribution in [2.45, 2.75) is 30.6 Å². The lowest BCUT2D eigenvalue weighted by molar-refractivity contribution is 0.0601. The smallest absolute Gasteiger partial charge is 0.337 e. The van der Waals surface area contributed by atoms with Gasteiger partial charge in [-0.05, 0) is 43.2 Å². The molecule has 0 radical (unpaired) electrons. The number of esters is 1. The number of thioether (sulfide) groups is 1. The van der Waals surface area contributed by atoms with Crippen molar-refractivity contribution < 1.29 is 18.7 Å². The first-order valence-corrected chi connectivity index (χ1v) is 10.0. The van der Waals surface area contributed by atoms with Gasteiger partial charge in [-0.1, -0.05) is 11.8 Å². The normalized spacial score (nSPS) is 16.5. The molecule has 3 heterocycles. The van der Waals surface area contributed by atoms with Gasteiger partial charge in [-0.25, -0.2) is 9.78 Å². The molecule has 2 aromatic heterocycles. The second-order valence-corrected chi connectivity index (χ2v) is 7.52. The van der Waals surface area contributed by atoms with Crippen LogP contribution in [-0.2, 0) is 16.0 Å². The third-order valence-electron chi connectivity index (χ3n) is 4.66. The summed E-state index contributed by atoms with van der Waals surface area (Å²) in [6.07, 6.45) is 3.81. The number of fused-ring (bicyclic) bond motifs is 1. The first kappa shape index (κ1) is 18.8. The van der Waals surface area contributed by atoms with E-state index in [0.717, 1.165) is 19.4 Å². The molecule has 1 atom stereocenters. The van der Waals surface area contributed by atoms with E-state index >= 15 is 0 Å². The van der Waals surface area contributed by atoms with Gasteiger partial charge in [0.25, 0.3) is 5.56 Å². The fourth-order valence-electron chi connectivity index (χ4n) is 3.20. The highest BCUT2D eigenvalue weighted by Gasteiger charge is 2.19. The Morgan fingerprint density at radius 1 is 1.39 bits per heavy atom. The Morgan fingerprint density at radius 2 is 2.29 bits per heavy atom. The summed E-state index contributed by atoms with van der Waals surface area (Å²) < 4.78 is 17.5. The molecule has 8 heteroatoms. The Bertz CT molecular complexity index is 1040. The van der Waals surface area contributed by atoms with Crippen LogP contribution in [0.1, 0.15) is 29.0 Å². The van der Waals surface area contributed by atoms with Gasteiger partial charge in [0.05, 0.1) is 42.5 Å². The number of ether oxygens (including phenoxy) is 2. The minimum absolute atomic E-state index is 0.163. The van der Waals surface area contributed by atoms with E-state index in [1.54, 1.807) is 35.1 Å². The molecule has 1 saturated heterocycles. The van der Waals surface area contributed by atoms with Crippen LogP contribution in [0.4, 0.5) is 0 Å². The number of furan rings is 1. The maximum atomic E-state index is 13.1. The summed E-state index contributed by atoms with van der Waals surface area (Å²) in [5, 5.41) is 1.02. The fourth-order valence-corrected chi connectivity index (χ4v) is 4.26. The van der Waals surface area contributed by atoms with Gasteiger partial charge in [-0.15, -0.1) is 0 Å². The van der Waals surface area contributed by atoms with Gasteiger partial charge in [0.15, 0.2) is 5.16 Å². The van der Waals surface area contributed by atoms with Crippen LogP contribution < -0.4 is 5.56 Å². The highest BCUT2D eigenvalue weighted by molar-refractivity contribution is 7.99. The molecule has 1 fully saturated rings. The lowest BCUT2D eigenvalue weighted by Crippen LogP contribution is -2.24. The molecule has 0 unspecified atom stereocenters. The van der Waals surface area contributed by atoms with E-state index in [1.807, 2.05) is 6.07 Å². The van der Waals surface area contributed by atoms with E-state index in [1.165, 1.54) is 18.9 Å². The second-order valence-electron chi connectivity index (χ2n) is 6.53. The number of methoxy groups -OCH3 is 1. The molecule has 146 valence electrons. The molecule has 3 aromatic rings. The quantitative estimate of drug-likeness (QED) is 0.357. The predicted octanol–water partition coefficient (Wildman–Crippen LogP) is 3.10. The summed E-state index contributed by atoms with van der Waals surface area (Å²) >= 11 is 1.48. The minimum Gasteiger partial charge on any atom is -0.467 e. The third-order valence-corrected chi connectivity index (χ3v) is 5.77. The highest BCUT2D eigenvalue weighted by atomic mass is 32.2. The summed E-state index contributed by atoms with van der Waals surface area (Å²) in [5.41, 5.74) is 0.659. The zero-order valence-corrected chi connectivity index (χ0v) is 16.2. The van der Waals surface area contributed by atoms with Gasteiger partial charge >= 0.3 is 5.97 Å². The number of aromatic nitrogens is 2. The number of benzene rings is 1. The van der Waals surface area contributed by atoms with Crippen LogP contribution in [-0.4, -0.2) is 41.1 Å². The number of carbonyl (C=O) groups excluding carboxylic acids is 1. The number of hydrogen-bond donors (Lipinski definition) is 0. The van der Waals surface area contributed by atoms with E-state index in [-0.39, 0.29) is 11.7 Å². The van der Waals surface area contributed by atoms with Gasteiger partial charge in [0, 0.05) is 12.4 Å². The maximum absolute atomic E-state index is 13.1. The average Bonchev–Trinajstić information content (AvgIpc) is 3.41. The van der Waals surface area contributed by atoms with E-state index in [9.17, 15) is 9.59 Å². The third kappa shape index (κ3) is 3.83. The van der Waals surface area contributed by atoms with Crippen molar-refractivity contribution in [2.75, 3.05) is 19.5 Å². The first-order chi connectivity index (χ1) is 13.7. The minimum atomic E-state index is -0.461. The first-order valence-electron chi connectivity index (χ1n) is 9.05. The van der Waals surface area contributed by atoms with E-state index in [4.69, 9.17) is 13.9 Å². The summed E-state index contributed by atoms with van der Waals surface area (Å²) in [5.74, 6) is 0.928. The SMILES string of the molecule is COC(=O)c1ccc2c(=O)n(Cc3ccco3)c(SC[C@H]3CCCO3)nc2c1. The molecule has 0 N–H and O–H groups in total. The Balaban J connectivity index is 1.76. The van der Waals surface area contributed by atoms with Crippen molar-refractivity contribution in [3.05, 3.63) is 58.3 Å². The van der Waals surface area contributed by atoms with Crippen molar-refractivity contribution in [1.29, 1.82) is 0 Å². The van der Waals surface area contributed by atoms with Gasteiger partial charge in [-0.3, -0.25) is 9.36 Å². The molecular formula is C20H20N2O5S. The second kappa shape index (κ2) is 8.20.